The Bertz CT molecular complexity index is 285. The molecule has 0 fully saturated rings. The van der Waals surface area contributed by atoms with Gasteiger partial charge in [-0.1, -0.05) is 110 Å². The summed E-state index contributed by atoms with van der Waals surface area (Å²) in [7, 11) is 0. The minimum atomic E-state index is -2.37. The van der Waals surface area contributed by atoms with Crippen molar-refractivity contribution in [2.45, 2.75) is 129 Å². The van der Waals surface area contributed by atoms with Crippen molar-refractivity contribution >= 4 is 39.2 Å². The third-order valence-electron chi connectivity index (χ3n) is 5.14. The molecule has 0 aliphatic heterocycles. The standard InChI is InChI=1S/C22H45Cl3OSi/c1-2-3-4-5-6-8-11-14-17-20-26-21-18-15-12-9-7-10-13-16-19-22-27(23,24)25/h2-22H2,1H3. The highest BCUT2D eigenvalue weighted by Crippen LogP contribution is 2.27. The van der Waals surface area contributed by atoms with Gasteiger partial charge in [-0.2, -0.15) is 0 Å². The van der Waals surface area contributed by atoms with Gasteiger partial charge in [0, 0.05) is 13.2 Å². The Labute approximate surface area is 185 Å². The van der Waals surface area contributed by atoms with Crippen molar-refractivity contribution in [1.29, 1.82) is 0 Å². The summed E-state index contributed by atoms with van der Waals surface area (Å²) in [4.78, 5) is 0. The molecule has 0 rings (SSSR count). The number of hydrogen-bond donors (Lipinski definition) is 0. The van der Waals surface area contributed by atoms with Gasteiger partial charge in [-0.3, -0.25) is 0 Å². The summed E-state index contributed by atoms with van der Waals surface area (Å²) >= 11 is 17.6. The summed E-state index contributed by atoms with van der Waals surface area (Å²) in [5, 5.41) is 0. The van der Waals surface area contributed by atoms with Crippen LogP contribution in [0.5, 0.6) is 0 Å². The van der Waals surface area contributed by atoms with Crippen LogP contribution in [0.2, 0.25) is 6.04 Å². The van der Waals surface area contributed by atoms with Crippen LogP contribution in [0.4, 0.5) is 0 Å². The Hall–Kier alpha value is 1.05. The molecule has 5 heteroatoms. The fourth-order valence-electron chi connectivity index (χ4n) is 3.38. The zero-order chi connectivity index (χ0) is 20.1. The van der Waals surface area contributed by atoms with Crippen LogP contribution < -0.4 is 0 Å². The monoisotopic (exact) mass is 458 g/mol. The number of unbranched alkanes of at least 4 members (excludes halogenated alkanes) is 16. The van der Waals surface area contributed by atoms with E-state index in [2.05, 4.69) is 6.92 Å². The minimum absolute atomic E-state index is 0.816. The Balaban J connectivity index is 3.01. The first kappa shape index (κ1) is 28.0. The fourth-order valence-corrected chi connectivity index (χ4v) is 5.24. The second-order valence-corrected chi connectivity index (χ2v) is 17.3. The van der Waals surface area contributed by atoms with Gasteiger partial charge < -0.3 is 4.74 Å². The lowest BCUT2D eigenvalue weighted by Crippen LogP contribution is -2.07. The maximum Gasteiger partial charge on any atom is 0.341 e. The van der Waals surface area contributed by atoms with Gasteiger partial charge in [0.25, 0.3) is 0 Å². The van der Waals surface area contributed by atoms with E-state index in [-0.39, 0.29) is 0 Å². The molecule has 0 aromatic carbocycles. The minimum Gasteiger partial charge on any atom is -0.381 e. The van der Waals surface area contributed by atoms with Crippen LogP contribution >= 0.6 is 33.2 Å². The predicted molar refractivity (Wildman–Crippen MR) is 128 cm³/mol. The summed E-state index contributed by atoms with van der Waals surface area (Å²) in [6.07, 6.45) is 24.0. The van der Waals surface area contributed by atoms with Gasteiger partial charge in [0.2, 0.25) is 0 Å². The topological polar surface area (TPSA) is 9.23 Å². The Morgan fingerprint density at radius 1 is 0.481 bits per heavy atom. The van der Waals surface area contributed by atoms with E-state index in [0.29, 0.717) is 0 Å². The van der Waals surface area contributed by atoms with Crippen molar-refractivity contribution < 1.29 is 4.74 Å². The van der Waals surface area contributed by atoms with E-state index >= 15 is 0 Å². The van der Waals surface area contributed by atoms with E-state index in [0.717, 1.165) is 25.7 Å². The summed E-state index contributed by atoms with van der Waals surface area (Å²) in [6, 6.07) is -1.55. The third kappa shape index (κ3) is 27.0. The molecule has 0 unspecified atom stereocenters. The number of rotatable bonds is 22. The molecular weight excluding hydrogens is 415 g/mol. The predicted octanol–water partition coefficient (Wildman–Crippen LogP) is 9.70. The second kappa shape index (κ2) is 21.7. The van der Waals surface area contributed by atoms with Crippen molar-refractivity contribution in [3.05, 3.63) is 0 Å². The van der Waals surface area contributed by atoms with Gasteiger partial charge in [0.15, 0.2) is 0 Å². The van der Waals surface area contributed by atoms with Gasteiger partial charge in [-0.25, -0.2) is 0 Å². The third-order valence-corrected chi connectivity index (χ3v) is 7.76. The molecule has 164 valence electrons. The van der Waals surface area contributed by atoms with E-state index in [1.165, 1.54) is 109 Å². The molecule has 0 aliphatic carbocycles. The molecule has 0 saturated heterocycles. The summed E-state index contributed by atoms with van der Waals surface area (Å²) < 4.78 is 5.76. The molecule has 0 N–H and O–H groups in total. The molecule has 0 atom stereocenters. The van der Waals surface area contributed by atoms with Gasteiger partial charge in [-0.15, -0.1) is 33.2 Å². The van der Waals surface area contributed by atoms with E-state index in [4.69, 9.17) is 38.0 Å². The van der Waals surface area contributed by atoms with Crippen molar-refractivity contribution in [2.24, 2.45) is 0 Å². The zero-order valence-corrected chi connectivity index (χ0v) is 21.2. The number of halogens is 3. The van der Waals surface area contributed by atoms with Crippen LogP contribution in [-0.4, -0.2) is 19.2 Å². The molecule has 0 aliphatic rings. The number of ether oxygens (including phenoxy) is 1. The summed E-state index contributed by atoms with van der Waals surface area (Å²) in [5.41, 5.74) is 0. The summed E-state index contributed by atoms with van der Waals surface area (Å²) in [6.45, 7) is 4.20. The van der Waals surface area contributed by atoms with Crippen LogP contribution in [0.15, 0.2) is 0 Å². The average Bonchev–Trinajstić information content (AvgIpc) is 2.62. The Kier molecular flexibility index (Phi) is 22.6. The van der Waals surface area contributed by atoms with Crippen LogP contribution in [0, 0.1) is 0 Å². The molecular formula is C22H45Cl3OSi. The lowest BCUT2D eigenvalue weighted by atomic mass is 10.1. The Morgan fingerprint density at radius 3 is 1.19 bits per heavy atom. The molecule has 0 amide bonds. The van der Waals surface area contributed by atoms with Crippen molar-refractivity contribution in [3.63, 3.8) is 0 Å². The smallest absolute Gasteiger partial charge is 0.341 e. The highest BCUT2D eigenvalue weighted by molar-refractivity contribution is 7.64. The highest BCUT2D eigenvalue weighted by Gasteiger charge is 2.23. The molecule has 0 bridgehead atoms. The quantitative estimate of drug-likeness (QED) is 0.0888. The van der Waals surface area contributed by atoms with Gasteiger partial charge in [0.1, 0.15) is 0 Å². The molecule has 1 nitrogen and oxygen atoms in total. The lowest BCUT2D eigenvalue weighted by Gasteiger charge is -2.07. The van der Waals surface area contributed by atoms with Crippen molar-refractivity contribution in [1.82, 2.24) is 0 Å². The van der Waals surface area contributed by atoms with Crippen LogP contribution in [0.3, 0.4) is 0 Å². The van der Waals surface area contributed by atoms with Crippen molar-refractivity contribution in [3.8, 4) is 0 Å². The normalized spacial score (nSPS) is 12.0. The molecule has 0 saturated carbocycles. The van der Waals surface area contributed by atoms with E-state index < -0.39 is 6.00 Å². The largest absolute Gasteiger partial charge is 0.381 e. The molecule has 0 spiro atoms. The lowest BCUT2D eigenvalue weighted by molar-refractivity contribution is 0.125. The molecule has 0 aromatic rings. The van der Waals surface area contributed by atoms with Crippen LogP contribution in [0.1, 0.15) is 122 Å². The molecule has 27 heavy (non-hydrogen) atoms. The summed E-state index contributed by atoms with van der Waals surface area (Å²) in [5.74, 6) is 0. The molecule has 0 aromatic heterocycles. The van der Waals surface area contributed by atoms with E-state index in [9.17, 15) is 0 Å². The van der Waals surface area contributed by atoms with Crippen molar-refractivity contribution in [2.75, 3.05) is 13.2 Å². The van der Waals surface area contributed by atoms with E-state index in [1.807, 2.05) is 0 Å². The number of hydrogen-bond acceptors (Lipinski definition) is 1. The van der Waals surface area contributed by atoms with Gasteiger partial charge in [-0.05, 0) is 18.9 Å². The maximum atomic E-state index is 5.88. The SMILES string of the molecule is CCCCCCCCCCCOCCCCCCCCCCC[Si](Cl)(Cl)Cl. The van der Waals surface area contributed by atoms with Crippen LogP contribution in [0.25, 0.3) is 0 Å². The molecule has 0 heterocycles. The first-order chi connectivity index (χ1) is 13.1. The molecule has 0 radical (unpaired) electrons. The fraction of sp³-hybridized carbons (Fsp3) is 1.00. The zero-order valence-electron chi connectivity index (χ0n) is 17.9. The van der Waals surface area contributed by atoms with Crippen LogP contribution in [-0.2, 0) is 4.74 Å². The average molecular weight is 460 g/mol. The maximum absolute atomic E-state index is 5.88. The second-order valence-electron chi connectivity index (χ2n) is 7.99. The highest BCUT2D eigenvalue weighted by atomic mass is 35.8. The van der Waals surface area contributed by atoms with Gasteiger partial charge in [0.05, 0.1) is 0 Å². The Morgan fingerprint density at radius 2 is 0.815 bits per heavy atom. The van der Waals surface area contributed by atoms with Gasteiger partial charge >= 0.3 is 6.00 Å². The first-order valence-corrected chi connectivity index (χ1v) is 16.9. The van der Waals surface area contributed by atoms with E-state index in [1.54, 1.807) is 0 Å². The first-order valence-electron chi connectivity index (χ1n) is 11.7.